The van der Waals surface area contributed by atoms with Crippen molar-refractivity contribution in [2.45, 2.75) is 23.2 Å². The van der Waals surface area contributed by atoms with Crippen molar-refractivity contribution < 1.29 is 28.9 Å². The van der Waals surface area contributed by atoms with Gasteiger partial charge in [0, 0.05) is 54.5 Å². The third-order valence-corrected chi connectivity index (χ3v) is 6.92. The molecule has 1 fully saturated rings. The molecule has 168 valence electrons. The zero-order valence-electron chi connectivity index (χ0n) is 17.5. The molecule has 1 saturated heterocycles. The quantitative estimate of drug-likeness (QED) is 0.482. The second-order valence-corrected chi connectivity index (χ2v) is 8.93. The zero-order chi connectivity index (χ0) is 22.4. The number of carboxylic acids is 1. The Kier molecular flexibility index (Phi) is 7.85. The molecule has 1 atom stereocenters. The van der Waals surface area contributed by atoms with Crippen molar-refractivity contribution in [1.29, 1.82) is 0 Å². The maximum absolute atomic E-state index is 12.4. The van der Waals surface area contributed by atoms with E-state index >= 15 is 0 Å². The number of carbonyl (C=O) groups is 2. The summed E-state index contributed by atoms with van der Waals surface area (Å²) in [7, 11) is 4.69. The number of hydrogen-bond acceptors (Lipinski definition) is 9. The molecule has 31 heavy (non-hydrogen) atoms. The van der Waals surface area contributed by atoms with Gasteiger partial charge in [-0.3, -0.25) is 4.79 Å². The van der Waals surface area contributed by atoms with Crippen LogP contribution in [0.15, 0.2) is 21.9 Å². The lowest BCUT2D eigenvalue weighted by molar-refractivity contribution is -0.128. The minimum Gasteiger partial charge on any atom is -0.493 e. The third-order valence-electron chi connectivity index (χ3n) is 4.92. The number of nitrogens with zero attached hydrogens (tertiary/aromatic N) is 2. The molecule has 1 aromatic heterocycles. The van der Waals surface area contributed by atoms with Gasteiger partial charge in [-0.1, -0.05) is 11.8 Å². The summed E-state index contributed by atoms with van der Waals surface area (Å²) < 4.78 is 16.8. The predicted octanol–water partition coefficient (Wildman–Crippen LogP) is 3.06. The number of amides is 1. The molecule has 1 aliphatic rings. The first kappa shape index (κ1) is 23.0. The third kappa shape index (κ3) is 5.53. The van der Waals surface area contributed by atoms with Crippen LogP contribution in [0.5, 0.6) is 17.2 Å². The standard InChI is InChI=1S/C20H25N3O6S2/c1-27-15-8-12(9-16(28-2)18(15)29-3)21-10-13-4-5-17(24)23(13)6-7-30-20-22-14(11-31-20)19(25)26/h8-9,11,13,21H,4-7,10H2,1-3H3,(H,25,26). The molecule has 2 N–H and O–H groups in total. The summed E-state index contributed by atoms with van der Waals surface area (Å²) in [6.45, 7) is 1.17. The van der Waals surface area contributed by atoms with Crippen LogP contribution >= 0.6 is 23.1 Å². The van der Waals surface area contributed by atoms with Crippen molar-refractivity contribution in [3.05, 3.63) is 23.2 Å². The average molecular weight is 468 g/mol. The van der Waals surface area contributed by atoms with Gasteiger partial charge in [0.2, 0.25) is 11.7 Å². The van der Waals surface area contributed by atoms with Gasteiger partial charge in [0.05, 0.1) is 21.3 Å². The number of rotatable bonds is 11. The fourth-order valence-electron chi connectivity index (χ4n) is 3.38. The maximum atomic E-state index is 12.4. The molecule has 1 aliphatic heterocycles. The molecule has 0 saturated carbocycles. The first-order chi connectivity index (χ1) is 15.0. The highest BCUT2D eigenvalue weighted by Crippen LogP contribution is 2.40. The summed E-state index contributed by atoms with van der Waals surface area (Å²) in [5.41, 5.74) is 0.865. The van der Waals surface area contributed by atoms with E-state index in [1.54, 1.807) is 21.3 Å². The van der Waals surface area contributed by atoms with Gasteiger partial charge >= 0.3 is 5.97 Å². The molecule has 11 heteroatoms. The molecule has 0 spiro atoms. The van der Waals surface area contributed by atoms with Crippen LogP contribution in [-0.4, -0.2) is 73.1 Å². The van der Waals surface area contributed by atoms with Crippen molar-refractivity contribution in [2.24, 2.45) is 0 Å². The average Bonchev–Trinajstić information content (AvgIpc) is 3.38. The summed E-state index contributed by atoms with van der Waals surface area (Å²) in [4.78, 5) is 29.2. The van der Waals surface area contributed by atoms with Gasteiger partial charge < -0.3 is 29.5 Å². The Morgan fingerprint density at radius 3 is 2.58 bits per heavy atom. The number of anilines is 1. The van der Waals surface area contributed by atoms with Gasteiger partial charge in [-0.2, -0.15) is 0 Å². The number of aromatic nitrogens is 1. The van der Waals surface area contributed by atoms with E-state index in [9.17, 15) is 9.59 Å². The normalized spacial score (nSPS) is 15.8. The van der Waals surface area contributed by atoms with Gasteiger partial charge in [0.25, 0.3) is 0 Å². The second kappa shape index (κ2) is 10.6. The highest BCUT2D eigenvalue weighted by molar-refractivity contribution is 8.01. The number of thioether (sulfide) groups is 1. The maximum Gasteiger partial charge on any atom is 0.355 e. The summed E-state index contributed by atoms with van der Waals surface area (Å²) in [5.74, 6) is 1.39. The number of hydrogen-bond donors (Lipinski definition) is 2. The first-order valence-corrected chi connectivity index (χ1v) is 11.5. The minimum atomic E-state index is -1.03. The first-order valence-electron chi connectivity index (χ1n) is 9.61. The lowest BCUT2D eigenvalue weighted by Gasteiger charge is -2.25. The van der Waals surface area contributed by atoms with Crippen LogP contribution < -0.4 is 19.5 Å². The number of benzene rings is 1. The van der Waals surface area contributed by atoms with E-state index in [0.29, 0.717) is 46.9 Å². The second-order valence-electron chi connectivity index (χ2n) is 6.73. The highest BCUT2D eigenvalue weighted by Gasteiger charge is 2.30. The van der Waals surface area contributed by atoms with Crippen LogP contribution in [0.1, 0.15) is 23.3 Å². The largest absolute Gasteiger partial charge is 0.493 e. The number of likely N-dealkylation sites (tertiary alicyclic amines) is 1. The summed E-state index contributed by atoms with van der Waals surface area (Å²) in [6, 6.07) is 3.74. The Hall–Kier alpha value is -2.66. The number of ether oxygens (including phenoxy) is 3. The smallest absolute Gasteiger partial charge is 0.355 e. The van der Waals surface area contributed by atoms with Gasteiger partial charge in [-0.05, 0) is 6.42 Å². The van der Waals surface area contributed by atoms with Crippen molar-refractivity contribution in [3.8, 4) is 17.2 Å². The van der Waals surface area contributed by atoms with Crippen LogP contribution in [0.2, 0.25) is 0 Å². The van der Waals surface area contributed by atoms with Crippen molar-refractivity contribution in [3.63, 3.8) is 0 Å². The van der Waals surface area contributed by atoms with Crippen molar-refractivity contribution in [1.82, 2.24) is 9.88 Å². The van der Waals surface area contributed by atoms with Crippen LogP contribution in [0.4, 0.5) is 5.69 Å². The fourth-order valence-corrected chi connectivity index (χ4v) is 5.19. The number of nitrogens with one attached hydrogen (secondary N) is 1. The predicted molar refractivity (Wildman–Crippen MR) is 119 cm³/mol. The Morgan fingerprint density at radius 1 is 1.29 bits per heavy atom. The number of methoxy groups -OCH3 is 3. The van der Waals surface area contributed by atoms with Crippen molar-refractivity contribution in [2.75, 3.05) is 45.5 Å². The SMILES string of the molecule is COc1cc(NCC2CCC(=O)N2CCSc2nc(C(=O)O)cs2)cc(OC)c1OC. The number of carbonyl (C=O) groups excluding carboxylic acids is 1. The molecule has 1 amide bonds. The molecule has 0 bridgehead atoms. The van der Waals surface area contributed by atoms with Gasteiger partial charge in [0.15, 0.2) is 21.5 Å². The topological polar surface area (TPSA) is 110 Å². The van der Waals surface area contributed by atoms with E-state index in [1.807, 2.05) is 17.0 Å². The van der Waals surface area contributed by atoms with Crippen LogP contribution in [0.3, 0.4) is 0 Å². The molecule has 3 rings (SSSR count). The molecule has 9 nitrogen and oxygen atoms in total. The molecule has 1 unspecified atom stereocenters. The Labute approximate surface area is 188 Å². The van der Waals surface area contributed by atoms with Crippen molar-refractivity contribution >= 4 is 40.7 Å². The molecule has 2 heterocycles. The van der Waals surface area contributed by atoms with E-state index in [0.717, 1.165) is 12.1 Å². The fraction of sp³-hybridized carbons (Fsp3) is 0.450. The van der Waals surface area contributed by atoms with E-state index in [-0.39, 0.29) is 17.6 Å². The molecule has 1 aromatic carbocycles. The lowest BCUT2D eigenvalue weighted by Crippen LogP contribution is -2.39. The Balaban J connectivity index is 1.58. The molecule has 0 aliphatic carbocycles. The monoisotopic (exact) mass is 467 g/mol. The number of aromatic carboxylic acids is 1. The molecule has 0 radical (unpaired) electrons. The van der Waals surface area contributed by atoms with E-state index in [4.69, 9.17) is 19.3 Å². The summed E-state index contributed by atoms with van der Waals surface area (Å²) in [5, 5.41) is 13.9. The number of thiazole rings is 1. The van der Waals surface area contributed by atoms with Crippen LogP contribution in [0.25, 0.3) is 0 Å². The minimum absolute atomic E-state index is 0.0529. The van der Waals surface area contributed by atoms with E-state index < -0.39 is 5.97 Å². The lowest BCUT2D eigenvalue weighted by atomic mass is 10.2. The zero-order valence-corrected chi connectivity index (χ0v) is 19.2. The Bertz CT molecular complexity index is 910. The van der Waals surface area contributed by atoms with Gasteiger partial charge in [-0.25, -0.2) is 9.78 Å². The van der Waals surface area contributed by atoms with Crippen LogP contribution in [-0.2, 0) is 4.79 Å². The summed E-state index contributed by atoms with van der Waals surface area (Å²) >= 11 is 2.76. The molecule has 2 aromatic rings. The van der Waals surface area contributed by atoms with E-state index in [1.165, 1.54) is 28.5 Å². The highest BCUT2D eigenvalue weighted by atomic mass is 32.2. The number of carboxylic acid groups (broad SMARTS) is 1. The van der Waals surface area contributed by atoms with Gasteiger partial charge in [-0.15, -0.1) is 11.3 Å². The molecular weight excluding hydrogens is 442 g/mol. The molecular formula is C20H25N3O6S2. The Morgan fingerprint density at radius 2 is 2.00 bits per heavy atom. The van der Waals surface area contributed by atoms with Crippen LogP contribution in [0, 0.1) is 0 Å². The van der Waals surface area contributed by atoms with E-state index in [2.05, 4.69) is 10.3 Å². The van der Waals surface area contributed by atoms with Gasteiger partial charge in [0.1, 0.15) is 0 Å². The summed E-state index contributed by atoms with van der Waals surface area (Å²) in [6.07, 6.45) is 1.30.